The van der Waals surface area contributed by atoms with E-state index in [0.29, 0.717) is 12.8 Å². The van der Waals surface area contributed by atoms with Gasteiger partial charge >= 0.3 is 5.97 Å². The van der Waals surface area contributed by atoms with Crippen molar-refractivity contribution < 1.29 is 14.7 Å². The average Bonchev–Trinajstić information content (AvgIpc) is 3.26. The molecule has 0 aromatic carbocycles. The molecule has 0 radical (unpaired) electrons. The molecular weight excluding hydrogens is 332 g/mol. The van der Waals surface area contributed by atoms with Crippen LogP contribution in [-0.4, -0.2) is 27.7 Å². The molecule has 2 aromatic heterocycles. The zero-order valence-corrected chi connectivity index (χ0v) is 14.0. The smallest absolute Gasteiger partial charge is 0.303 e. The highest BCUT2D eigenvalue weighted by Gasteiger charge is 2.33. The molecule has 0 spiro atoms. The van der Waals surface area contributed by atoms with Gasteiger partial charge in [0.15, 0.2) is 0 Å². The number of carbonyl (C=O) groups excluding carboxylic acids is 1. The van der Waals surface area contributed by atoms with Crippen LogP contribution in [0, 0.1) is 0 Å². The molecule has 7 heteroatoms. The van der Waals surface area contributed by atoms with Gasteiger partial charge in [-0.3, -0.25) is 9.59 Å². The van der Waals surface area contributed by atoms with E-state index in [1.165, 1.54) is 0 Å². The first-order valence-electron chi connectivity index (χ1n) is 7.34. The van der Waals surface area contributed by atoms with Gasteiger partial charge in [0, 0.05) is 24.1 Å². The van der Waals surface area contributed by atoms with Crippen molar-refractivity contribution in [3.8, 4) is 0 Å². The van der Waals surface area contributed by atoms with Crippen LogP contribution in [0.3, 0.4) is 0 Å². The first-order valence-corrected chi connectivity index (χ1v) is 9.09. The molecule has 1 aliphatic heterocycles. The van der Waals surface area contributed by atoms with E-state index in [1.807, 2.05) is 35.0 Å². The largest absolute Gasteiger partial charge is 0.481 e. The Morgan fingerprint density at radius 3 is 2.65 bits per heavy atom. The van der Waals surface area contributed by atoms with E-state index in [1.54, 1.807) is 27.7 Å². The van der Waals surface area contributed by atoms with Crippen LogP contribution < -0.4 is 0 Å². The summed E-state index contributed by atoms with van der Waals surface area (Å²) in [4.78, 5) is 25.3. The average molecular weight is 348 g/mol. The third kappa shape index (κ3) is 3.68. The maximum atomic E-state index is 12.5. The van der Waals surface area contributed by atoms with Crippen molar-refractivity contribution in [3.05, 3.63) is 44.8 Å². The molecule has 0 bridgehead atoms. The Kier molecular flexibility index (Phi) is 4.88. The lowest BCUT2D eigenvalue weighted by atomic mass is 10.1. The lowest BCUT2D eigenvalue weighted by Crippen LogP contribution is -2.26. The number of rotatable bonds is 6. The zero-order valence-electron chi connectivity index (χ0n) is 12.3. The second kappa shape index (κ2) is 7.06. The summed E-state index contributed by atoms with van der Waals surface area (Å²) in [6.07, 6.45) is 1.25. The topological polar surface area (TPSA) is 70.0 Å². The van der Waals surface area contributed by atoms with E-state index < -0.39 is 5.97 Å². The molecule has 1 aliphatic rings. The highest BCUT2D eigenvalue weighted by atomic mass is 32.1. The summed E-state index contributed by atoms with van der Waals surface area (Å²) in [5, 5.41) is 18.8. The Morgan fingerprint density at radius 1 is 1.22 bits per heavy atom. The predicted molar refractivity (Wildman–Crippen MR) is 90.9 cm³/mol. The summed E-state index contributed by atoms with van der Waals surface area (Å²) in [5.41, 5.74) is 0.921. The van der Waals surface area contributed by atoms with E-state index >= 15 is 0 Å². The molecule has 1 amide bonds. The van der Waals surface area contributed by atoms with Crippen molar-refractivity contribution in [2.24, 2.45) is 5.10 Å². The second-order valence-electron chi connectivity index (χ2n) is 5.24. The number of aliphatic carboxylic acids is 1. The zero-order chi connectivity index (χ0) is 16.2. The summed E-state index contributed by atoms with van der Waals surface area (Å²) in [5.74, 6) is -0.993. The standard InChI is InChI=1S/C16H16N2O3S2/c19-15(6-1-7-16(20)21)18-12(14-5-3-9-23-14)10-11(17-18)13-4-2-8-22-13/h2-5,8-9,12H,1,6-7,10H2,(H,20,21). The molecule has 1 N–H and O–H groups in total. The first kappa shape index (κ1) is 15.9. The minimum Gasteiger partial charge on any atom is -0.481 e. The lowest BCUT2D eigenvalue weighted by Gasteiger charge is -2.20. The highest BCUT2D eigenvalue weighted by molar-refractivity contribution is 7.12. The molecule has 3 heterocycles. The van der Waals surface area contributed by atoms with Crippen molar-refractivity contribution in [3.63, 3.8) is 0 Å². The van der Waals surface area contributed by atoms with Crippen LogP contribution in [0.1, 0.15) is 41.5 Å². The van der Waals surface area contributed by atoms with Gasteiger partial charge in [0.2, 0.25) is 5.91 Å². The van der Waals surface area contributed by atoms with Crippen LogP contribution in [0.2, 0.25) is 0 Å². The van der Waals surface area contributed by atoms with Crippen LogP contribution >= 0.6 is 22.7 Å². The van der Waals surface area contributed by atoms with E-state index in [0.717, 1.165) is 15.5 Å². The first-order chi connectivity index (χ1) is 11.1. The van der Waals surface area contributed by atoms with Gasteiger partial charge < -0.3 is 5.11 Å². The Hall–Kier alpha value is -1.99. The number of hydrogen-bond donors (Lipinski definition) is 1. The lowest BCUT2D eigenvalue weighted by molar-refractivity contribution is -0.137. The van der Waals surface area contributed by atoms with Gasteiger partial charge in [-0.2, -0.15) is 5.10 Å². The molecule has 0 aliphatic carbocycles. The summed E-state index contributed by atoms with van der Waals surface area (Å²) < 4.78 is 0. The molecule has 5 nitrogen and oxygen atoms in total. The van der Waals surface area contributed by atoms with Crippen molar-refractivity contribution in [1.82, 2.24) is 5.01 Å². The van der Waals surface area contributed by atoms with Crippen LogP contribution in [0.15, 0.2) is 40.1 Å². The molecule has 0 fully saturated rings. The number of hydrazone groups is 1. The number of carboxylic acid groups (broad SMARTS) is 1. The summed E-state index contributed by atoms with van der Waals surface area (Å²) in [6, 6.07) is 7.88. The Morgan fingerprint density at radius 2 is 2.00 bits per heavy atom. The maximum absolute atomic E-state index is 12.5. The van der Waals surface area contributed by atoms with Gasteiger partial charge in [0.25, 0.3) is 0 Å². The number of amides is 1. The Labute approximate surface area is 141 Å². The number of nitrogens with zero attached hydrogens (tertiary/aromatic N) is 2. The fourth-order valence-corrected chi connectivity index (χ4v) is 4.07. The predicted octanol–water partition coefficient (Wildman–Crippen LogP) is 3.74. The molecule has 3 rings (SSSR count). The van der Waals surface area contributed by atoms with Crippen molar-refractivity contribution in [2.75, 3.05) is 0 Å². The molecule has 0 saturated heterocycles. The van der Waals surface area contributed by atoms with Gasteiger partial charge in [-0.05, 0) is 29.3 Å². The molecule has 1 unspecified atom stereocenters. The quantitative estimate of drug-likeness (QED) is 0.864. The van der Waals surface area contributed by atoms with Gasteiger partial charge in [-0.25, -0.2) is 5.01 Å². The number of carboxylic acids is 1. The maximum Gasteiger partial charge on any atom is 0.303 e. The summed E-state index contributed by atoms with van der Waals surface area (Å²) in [6.45, 7) is 0. The van der Waals surface area contributed by atoms with E-state index in [2.05, 4.69) is 5.10 Å². The second-order valence-corrected chi connectivity index (χ2v) is 7.17. The SMILES string of the molecule is O=C(O)CCCC(=O)N1N=C(c2cccs2)CC1c1cccs1. The third-order valence-corrected chi connectivity index (χ3v) is 5.52. The van der Waals surface area contributed by atoms with E-state index in [-0.39, 0.29) is 24.8 Å². The van der Waals surface area contributed by atoms with Crippen LogP contribution in [-0.2, 0) is 9.59 Å². The van der Waals surface area contributed by atoms with Gasteiger partial charge in [0.1, 0.15) is 0 Å². The molecule has 1 atom stereocenters. The van der Waals surface area contributed by atoms with Crippen molar-refractivity contribution in [1.29, 1.82) is 0 Å². The molecule has 2 aromatic rings. The van der Waals surface area contributed by atoms with Gasteiger partial charge in [-0.1, -0.05) is 12.1 Å². The monoisotopic (exact) mass is 348 g/mol. The van der Waals surface area contributed by atoms with Crippen molar-refractivity contribution in [2.45, 2.75) is 31.7 Å². The van der Waals surface area contributed by atoms with Crippen LogP contribution in [0.25, 0.3) is 0 Å². The number of hydrogen-bond acceptors (Lipinski definition) is 5. The Balaban J connectivity index is 1.77. The van der Waals surface area contributed by atoms with Crippen molar-refractivity contribution >= 4 is 40.3 Å². The normalized spacial score (nSPS) is 17.3. The summed E-state index contributed by atoms with van der Waals surface area (Å²) >= 11 is 3.22. The minimum atomic E-state index is -0.878. The van der Waals surface area contributed by atoms with Crippen LogP contribution in [0.4, 0.5) is 0 Å². The van der Waals surface area contributed by atoms with Gasteiger partial charge in [0.05, 0.1) is 16.6 Å². The molecular formula is C16H16N2O3S2. The number of carbonyl (C=O) groups is 2. The number of thiophene rings is 2. The van der Waals surface area contributed by atoms with E-state index in [9.17, 15) is 9.59 Å². The van der Waals surface area contributed by atoms with Crippen LogP contribution in [0.5, 0.6) is 0 Å². The van der Waals surface area contributed by atoms with Gasteiger partial charge in [-0.15, -0.1) is 22.7 Å². The minimum absolute atomic E-state index is 0.00471. The highest BCUT2D eigenvalue weighted by Crippen LogP contribution is 2.36. The Bertz CT molecular complexity index is 708. The molecule has 120 valence electrons. The van der Waals surface area contributed by atoms with E-state index in [4.69, 9.17) is 5.11 Å². The fourth-order valence-electron chi connectivity index (χ4n) is 2.54. The molecule has 0 saturated carbocycles. The summed E-state index contributed by atoms with van der Waals surface area (Å²) in [7, 11) is 0. The fraction of sp³-hybridized carbons (Fsp3) is 0.312. The third-order valence-electron chi connectivity index (χ3n) is 3.62. The molecule has 23 heavy (non-hydrogen) atoms.